The van der Waals surface area contributed by atoms with E-state index in [1.807, 2.05) is 91.2 Å². The largest absolute Gasteiger partial charge is 0.326 e. The van der Waals surface area contributed by atoms with Crippen molar-refractivity contribution < 1.29 is 9.59 Å². The molecule has 8 heteroatoms. The van der Waals surface area contributed by atoms with Gasteiger partial charge in [0.05, 0.1) is 17.4 Å². The Morgan fingerprint density at radius 1 is 1.00 bits per heavy atom. The van der Waals surface area contributed by atoms with E-state index in [1.165, 1.54) is 23.1 Å². The summed E-state index contributed by atoms with van der Waals surface area (Å²) >= 11 is 9.02. The van der Waals surface area contributed by atoms with Crippen LogP contribution < -0.4 is 10.6 Å². The Balaban J connectivity index is 1.34. The number of halogens is 1. The molecule has 2 amide bonds. The highest BCUT2D eigenvalue weighted by molar-refractivity contribution is 8.00. The van der Waals surface area contributed by atoms with Crippen LogP contribution in [0, 0.1) is 0 Å². The molecule has 4 rings (SSSR count). The maximum atomic E-state index is 12.7. The topological polar surface area (TPSA) is 71.1 Å². The van der Waals surface area contributed by atoms with Gasteiger partial charge in [-0.1, -0.05) is 66.2 Å². The van der Waals surface area contributed by atoms with Crippen molar-refractivity contribution in [2.75, 3.05) is 10.6 Å². The van der Waals surface area contributed by atoms with Crippen LogP contribution in [-0.4, -0.2) is 22.0 Å². The average Bonchev–Trinajstić information content (AvgIpc) is 3.28. The van der Waals surface area contributed by atoms with E-state index < -0.39 is 0 Å². The van der Waals surface area contributed by atoms with Gasteiger partial charge in [-0.25, -0.2) is 4.98 Å². The quantitative estimate of drug-likeness (QED) is 0.258. The first-order chi connectivity index (χ1) is 16.5. The van der Waals surface area contributed by atoms with Crippen molar-refractivity contribution in [1.82, 2.24) is 4.98 Å². The predicted molar refractivity (Wildman–Crippen MR) is 142 cm³/mol. The van der Waals surface area contributed by atoms with Crippen LogP contribution in [0.2, 0.25) is 5.02 Å². The Kier molecular flexibility index (Phi) is 8.00. The number of hydrogen-bond donors (Lipinski definition) is 2. The smallest absolute Gasteiger partial charge is 0.239 e. The Morgan fingerprint density at radius 3 is 2.56 bits per heavy atom. The number of amides is 2. The standard InChI is InChI=1S/C26H22ClN3O2S2/c1-17(25(32)30-26-29-23(16-33-26)21-12-5-6-13-22(21)27)34-20-11-7-10-19(15-20)28-24(31)14-18-8-3-2-4-9-18/h2-13,15-17H,14H2,1H3,(H,28,31)(H,29,30,32). The molecule has 2 N–H and O–H groups in total. The zero-order valence-corrected chi connectivity index (χ0v) is 20.7. The van der Waals surface area contributed by atoms with E-state index in [1.54, 1.807) is 0 Å². The molecule has 1 atom stereocenters. The minimum atomic E-state index is -0.358. The molecule has 0 saturated heterocycles. The summed E-state index contributed by atoms with van der Waals surface area (Å²) in [6.07, 6.45) is 0.307. The van der Waals surface area contributed by atoms with Crippen molar-refractivity contribution in [1.29, 1.82) is 0 Å². The molecule has 172 valence electrons. The summed E-state index contributed by atoms with van der Waals surface area (Å²) in [7, 11) is 0. The van der Waals surface area contributed by atoms with Crippen LogP contribution in [0.1, 0.15) is 12.5 Å². The highest BCUT2D eigenvalue weighted by atomic mass is 35.5. The van der Waals surface area contributed by atoms with Gasteiger partial charge in [-0.05, 0) is 36.8 Å². The van der Waals surface area contributed by atoms with E-state index in [2.05, 4.69) is 15.6 Å². The van der Waals surface area contributed by atoms with E-state index in [0.717, 1.165) is 21.7 Å². The minimum Gasteiger partial charge on any atom is -0.326 e. The number of anilines is 2. The molecule has 0 radical (unpaired) electrons. The van der Waals surface area contributed by atoms with Crippen molar-refractivity contribution in [3.8, 4) is 11.3 Å². The molecule has 4 aromatic rings. The van der Waals surface area contributed by atoms with Gasteiger partial charge < -0.3 is 10.6 Å². The fourth-order valence-electron chi connectivity index (χ4n) is 3.22. The first kappa shape index (κ1) is 24.0. The Bertz CT molecular complexity index is 1290. The normalized spacial score (nSPS) is 11.6. The van der Waals surface area contributed by atoms with E-state index >= 15 is 0 Å². The van der Waals surface area contributed by atoms with E-state index in [4.69, 9.17) is 11.6 Å². The monoisotopic (exact) mass is 507 g/mol. The molecule has 1 unspecified atom stereocenters. The Morgan fingerprint density at radius 2 is 1.76 bits per heavy atom. The van der Waals surface area contributed by atoms with Crippen molar-refractivity contribution in [3.05, 3.63) is 94.8 Å². The SMILES string of the molecule is CC(Sc1cccc(NC(=O)Cc2ccccc2)c1)C(=O)Nc1nc(-c2ccccc2Cl)cs1. The summed E-state index contributed by atoms with van der Waals surface area (Å²) in [4.78, 5) is 30.5. The highest BCUT2D eigenvalue weighted by Crippen LogP contribution is 2.31. The van der Waals surface area contributed by atoms with Gasteiger partial charge in [-0.2, -0.15) is 0 Å². The van der Waals surface area contributed by atoms with Gasteiger partial charge in [0.25, 0.3) is 0 Å². The van der Waals surface area contributed by atoms with Crippen LogP contribution in [-0.2, 0) is 16.0 Å². The van der Waals surface area contributed by atoms with Gasteiger partial charge in [0.2, 0.25) is 11.8 Å². The molecular formula is C26H22ClN3O2S2. The Labute approximate surface area is 211 Å². The lowest BCUT2D eigenvalue weighted by Crippen LogP contribution is -2.22. The zero-order valence-electron chi connectivity index (χ0n) is 18.3. The molecule has 0 aliphatic rings. The molecule has 5 nitrogen and oxygen atoms in total. The maximum absolute atomic E-state index is 12.7. The van der Waals surface area contributed by atoms with Gasteiger partial charge in [0.1, 0.15) is 0 Å². The number of aromatic nitrogens is 1. The second-order valence-corrected chi connectivity index (χ2v) is 10.2. The molecule has 0 saturated carbocycles. The number of hydrogen-bond acceptors (Lipinski definition) is 5. The second kappa shape index (κ2) is 11.3. The van der Waals surface area contributed by atoms with Crippen LogP contribution in [0.4, 0.5) is 10.8 Å². The summed E-state index contributed by atoms with van der Waals surface area (Å²) in [5.74, 6) is -0.235. The first-order valence-electron chi connectivity index (χ1n) is 10.6. The summed E-state index contributed by atoms with van der Waals surface area (Å²) in [5, 5.41) is 8.46. The van der Waals surface area contributed by atoms with E-state index in [9.17, 15) is 9.59 Å². The molecule has 1 aromatic heterocycles. The summed E-state index contributed by atoms with van der Waals surface area (Å²) in [6, 6.07) is 24.6. The molecule has 0 spiro atoms. The lowest BCUT2D eigenvalue weighted by Gasteiger charge is -2.12. The van der Waals surface area contributed by atoms with Crippen molar-refractivity contribution in [2.24, 2.45) is 0 Å². The third-order valence-corrected chi connectivity index (χ3v) is 7.07. The molecule has 34 heavy (non-hydrogen) atoms. The number of thiazole rings is 1. The van der Waals surface area contributed by atoms with Gasteiger partial charge in [-0.3, -0.25) is 9.59 Å². The molecule has 0 bridgehead atoms. The van der Waals surface area contributed by atoms with E-state index in [-0.39, 0.29) is 17.1 Å². The number of nitrogens with zero attached hydrogens (tertiary/aromatic N) is 1. The summed E-state index contributed by atoms with van der Waals surface area (Å²) in [5.41, 5.74) is 3.21. The number of nitrogens with one attached hydrogen (secondary N) is 2. The third-order valence-electron chi connectivity index (χ3n) is 4.89. The van der Waals surface area contributed by atoms with Crippen LogP contribution >= 0.6 is 34.7 Å². The molecule has 0 fully saturated rings. The van der Waals surface area contributed by atoms with Crippen molar-refractivity contribution >= 4 is 57.3 Å². The molecule has 0 aliphatic carbocycles. The Hall–Kier alpha value is -3.13. The minimum absolute atomic E-state index is 0.0859. The highest BCUT2D eigenvalue weighted by Gasteiger charge is 2.17. The van der Waals surface area contributed by atoms with Crippen LogP contribution in [0.3, 0.4) is 0 Å². The fourth-order valence-corrected chi connectivity index (χ4v) is 5.09. The van der Waals surface area contributed by atoms with Crippen LogP contribution in [0.25, 0.3) is 11.3 Å². The predicted octanol–water partition coefficient (Wildman–Crippen LogP) is 6.76. The summed E-state index contributed by atoms with van der Waals surface area (Å²) < 4.78 is 0. The number of benzene rings is 3. The van der Waals surface area contributed by atoms with Crippen LogP contribution in [0.5, 0.6) is 0 Å². The van der Waals surface area contributed by atoms with Gasteiger partial charge in [0.15, 0.2) is 5.13 Å². The fraction of sp³-hybridized carbons (Fsp3) is 0.115. The second-order valence-electron chi connectivity index (χ2n) is 7.51. The maximum Gasteiger partial charge on any atom is 0.239 e. The zero-order chi connectivity index (χ0) is 23.9. The summed E-state index contributed by atoms with van der Waals surface area (Å²) in [6.45, 7) is 1.84. The van der Waals surface area contributed by atoms with Crippen molar-refractivity contribution in [2.45, 2.75) is 23.5 Å². The van der Waals surface area contributed by atoms with Crippen LogP contribution in [0.15, 0.2) is 89.1 Å². The van der Waals surface area contributed by atoms with E-state index in [0.29, 0.717) is 22.3 Å². The molecule has 3 aromatic carbocycles. The lowest BCUT2D eigenvalue weighted by molar-refractivity contribution is -0.116. The molecule has 0 aliphatic heterocycles. The van der Waals surface area contributed by atoms with Gasteiger partial charge >= 0.3 is 0 Å². The number of carbonyl (C=O) groups excluding carboxylic acids is 2. The average molecular weight is 508 g/mol. The first-order valence-corrected chi connectivity index (χ1v) is 12.7. The van der Waals surface area contributed by atoms with Gasteiger partial charge in [-0.15, -0.1) is 23.1 Å². The molecule has 1 heterocycles. The third kappa shape index (κ3) is 6.47. The van der Waals surface area contributed by atoms with Crippen molar-refractivity contribution in [3.63, 3.8) is 0 Å². The number of carbonyl (C=O) groups is 2. The number of rotatable bonds is 8. The lowest BCUT2D eigenvalue weighted by atomic mass is 10.1. The molecular weight excluding hydrogens is 486 g/mol. The van der Waals surface area contributed by atoms with Gasteiger partial charge in [0, 0.05) is 26.5 Å². The number of thioether (sulfide) groups is 1.